The third-order valence-corrected chi connectivity index (χ3v) is 8.90. The van der Waals surface area contributed by atoms with Crippen molar-refractivity contribution in [1.29, 1.82) is 0 Å². The predicted molar refractivity (Wildman–Crippen MR) is 119 cm³/mol. The summed E-state index contributed by atoms with van der Waals surface area (Å²) in [6, 6.07) is 0.128. The Bertz CT molecular complexity index is 876. The van der Waals surface area contributed by atoms with E-state index in [4.69, 9.17) is 15.2 Å². The number of fused-ring (bicyclic) bond motifs is 4. The zero-order valence-electron chi connectivity index (χ0n) is 17.9. The van der Waals surface area contributed by atoms with Gasteiger partial charge in [0.15, 0.2) is 5.72 Å². The van der Waals surface area contributed by atoms with E-state index in [1.807, 2.05) is 4.90 Å². The van der Waals surface area contributed by atoms with Gasteiger partial charge in [0.2, 0.25) is 11.6 Å². The van der Waals surface area contributed by atoms with Crippen molar-refractivity contribution in [3.63, 3.8) is 0 Å². The molecule has 4 atom stereocenters. The molecule has 4 rings (SSSR count). The quantitative estimate of drug-likeness (QED) is 0.183. The van der Waals surface area contributed by atoms with Gasteiger partial charge in [0, 0.05) is 48.9 Å². The molecule has 0 aromatic rings. The van der Waals surface area contributed by atoms with Crippen LogP contribution in [0.3, 0.4) is 0 Å². The molecule has 1 unspecified atom stereocenters. The number of piperazine rings is 1. The highest BCUT2D eigenvalue weighted by Gasteiger charge is 2.72. The number of allylic oxidation sites excluding steroid dienone is 2. The van der Waals surface area contributed by atoms with Gasteiger partial charge < -0.3 is 30.7 Å². The van der Waals surface area contributed by atoms with Crippen LogP contribution in [0.1, 0.15) is 20.3 Å². The van der Waals surface area contributed by atoms with Gasteiger partial charge in [-0.2, -0.15) is 0 Å². The Labute approximate surface area is 189 Å². The molecule has 4 N–H and O–H groups in total. The Morgan fingerprint density at radius 1 is 1.32 bits per heavy atom. The molecule has 2 fully saturated rings. The minimum atomic E-state index is -0.946. The molecule has 1 amide bonds. The summed E-state index contributed by atoms with van der Waals surface area (Å²) in [7, 11) is 5.09. The summed E-state index contributed by atoms with van der Waals surface area (Å²) >= 11 is 0. The molecule has 0 saturated carbocycles. The number of primary amides is 1. The van der Waals surface area contributed by atoms with Crippen molar-refractivity contribution >= 4 is 39.2 Å². The van der Waals surface area contributed by atoms with Crippen molar-refractivity contribution in [2.24, 2.45) is 11.7 Å². The lowest BCUT2D eigenvalue weighted by atomic mass is 9.82. The molecule has 9 nitrogen and oxygen atoms in total. The number of rotatable bonds is 10. The molecule has 0 bridgehead atoms. The van der Waals surface area contributed by atoms with Crippen LogP contribution in [-0.2, 0) is 19.1 Å². The number of carbonyl (C=O) groups excluding carboxylic acids is 3. The van der Waals surface area contributed by atoms with Gasteiger partial charge in [-0.05, 0) is 13.3 Å². The monoisotopic (exact) mass is 468 g/mol. The van der Waals surface area contributed by atoms with E-state index in [0.717, 1.165) is 17.9 Å². The Kier molecular flexibility index (Phi) is 6.30. The maximum atomic E-state index is 13.6. The van der Waals surface area contributed by atoms with E-state index in [1.54, 1.807) is 35.6 Å². The topological polar surface area (TPSA) is 133 Å². The molecular formula is C20H28N4O5S2. The third-order valence-electron chi connectivity index (χ3n) is 6.29. The molecule has 3 aliphatic heterocycles. The Morgan fingerprint density at radius 2 is 2.06 bits per heavy atom. The number of amides is 1. The van der Waals surface area contributed by atoms with Crippen molar-refractivity contribution in [2.45, 2.75) is 38.1 Å². The van der Waals surface area contributed by atoms with E-state index in [-0.39, 0.29) is 30.3 Å². The summed E-state index contributed by atoms with van der Waals surface area (Å²) in [5.41, 5.74) is 5.71. The highest BCUT2D eigenvalue weighted by molar-refractivity contribution is 8.76. The molecule has 3 heterocycles. The number of methoxy groups -OCH3 is 1. The molecule has 31 heavy (non-hydrogen) atoms. The molecule has 170 valence electrons. The van der Waals surface area contributed by atoms with E-state index in [0.29, 0.717) is 35.6 Å². The second-order valence-corrected chi connectivity index (χ2v) is 10.7. The zero-order chi connectivity index (χ0) is 22.3. The fourth-order valence-electron chi connectivity index (χ4n) is 4.92. The van der Waals surface area contributed by atoms with Crippen LogP contribution in [0, 0.1) is 5.92 Å². The number of carbonyl (C=O) groups is 3. The Balaban J connectivity index is 1.59. The summed E-state index contributed by atoms with van der Waals surface area (Å²) in [6.07, 6.45) is 0.189. The highest BCUT2D eigenvalue weighted by atomic mass is 33.1. The van der Waals surface area contributed by atoms with Crippen LogP contribution in [0.15, 0.2) is 22.5 Å². The number of hydrogen-bond donors (Lipinski definition) is 3. The summed E-state index contributed by atoms with van der Waals surface area (Å²) in [5.74, 6) is 0.854. The largest absolute Gasteiger partial charge is 0.449 e. The van der Waals surface area contributed by atoms with Gasteiger partial charge >= 0.3 is 6.09 Å². The summed E-state index contributed by atoms with van der Waals surface area (Å²) < 4.78 is 11.1. The third kappa shape index (κ3) is 3.55. The van der Waals surface area contributed by atoms with Gasteiger partial charge in [-0.3, -0.25) is 9.59 Å². The number of Topliss-reactive ketones (excluding diaryl/α,β-unsaturated/α-hetero) is 2. The first-order valence-electron chi connectivity index (χ1n) is 10.4. The van der Waals surface area contributed by atoms with Crippen LogP contribution < -0.4 is 16.4 Å². The Hall–Kier alpha value is -1.69. The van der Waals surface area contributed by atoms with Crippen molar-refractivity contribution in [2.75, 3.05) is 38.3 Å². The van der Waals surface area contributed by atoms with E-state index < -0.39 is 17.7 Å². The Morgan fingerprint density at radius 3 is 2.74 bits per heavy atom. The standard InChI is InChI=1S/C20H28N4O5S2/c1-4-6-30-31-7-5-22-14-10(2)16(25)15-13(17(14)26)11(9-29-19(21)27)20(28-3)18-12(23-18)8-24(15)20/h11-12,18,22-23H,4-9H2,1-3H3,(H2,21,27)/t11-,12?,18+,20-/m1/s1. The first-order valence-corrected chi connectivity index (χ1v) is 12.9. The maximum Gasteiger partial charge on any atom is 0.404 e. The van der Waals surface area contributed by atoms with E-state index in [2.05, 4.69) is 17.6 Å². The van der Waals surface area contributed by atoms with Crippen molar-refractivity contribution in [3.05, 3.63) is 22.5 Å². The normalized spacial score (nSPS) is 31.1. The van der Waals surface area contributed by atoms with Gasteiger partial charge in [0.1, 0.15) is 6.61 Å². The van der Waals surface area contributed by atoms with E-state index in [9.17, 15) is 14.4 Å². The predicted octanol–water partition coefficient (Wildman–Crippen LogP) is 0.771. The molecule has 0 radical (unpaired) electrons. The molecule has 0 aromatic carbocycles. The molecule has 0 spiro atoms. The lowest BCUT2D eigenvalue weighted by molar-refractivity contribution is -0.137. The van der Waals surface area contributed by atoms with Gasteiger partial charge in [0.25, 0.3) is 0 Å². The zero-order valence-corrected chi connectivity index (χ0v) is 19.5. The van der Waals surface area contributed by atoms with Crippen molar-refractivity contribution < 1.29 is 23.9 Å². The minimum Gasteiger partial charge on any atom is -0.449 e. The van der Waals surface area contributed by atoms with Crippen LogP contribution in [0.25, 0.3) is 0 Å². The number of ether oxygens (including phenoxy) is 2. The van der Waals surface area contributed by atoms with Crippen LogP contribution in [0.4, 0.5) is 4.79 Å². The molecule has 1 aliphatic carbocycles. The second kappa shape index (κ2) is 8.68. The number of nitrogens with one attached hydrogen (secondary N) is 2. The van der Waals surface area contributed by atoms with Gasteiger partial charge in [0.05, 0.1) is 23.4 Å². The first kappa shape index (κ1) is 22.5. The lowest BCUT2D eigenvalue weighted by Crippen LogP contribution is -2.55. The average Bonchev–Trinajstić information content (AvgIpc) is 3.35. The van der Waals surface area contributed by atoms with E-state index >= 15 is 0 Å². The molecule has 0 aromatic heterocycles. The number of ketones is 2. The molecule has 4 aliphatic rings. The molecule has 11 heteroatoms. The summed E-state index contributed by atoms with van der Waals surface area (Å²) in [4.78, 5) is 40.2. The first-order chi connectivity index (χ1) is 14.9. The van der Waals surface area contributed by atoms with Crippen LogP contribution in [0.2, 0.25) is 0 Å². The smallest absolute Gasteiger partial charge is 0.404 e. The number of hydrogen-bond acceptors (Lipinski definition) is 10. The SMILES string of the molecule is CCCSSCCNC1=C(C)C(=O)C2=C(C1=O)[C@@H](COC(N)=O)[C@@]1(OC)[C@H]3NC3CN21. The van der Waals surface area contributed by atoms with Crippen molar-refractivity contribution in [1.82, 2.24) is 15.5 Å². The molecular weight excluding hydrogens is 440 g/mol. The van der Waals surface area contributed by atoms with Gasteiger partial charge in [-0.15, -0.1) is 0 Å². The minimum absolute atomic E-state index is 0.0473. The summed E-state index contributed by atoms with van der Waals surface area (Å²) in [5, 5.41) is 6.53. The highest BCUT2D eigenvalue weighted by Crippen LogP contribution is 2.55. The summed E-state index contributed by atoms with van der Waals surface area (Å²) in [6.45, 7) is 4.82. The maximum absolute atomic E-state index is 13.6. The molecule has 2 saturated heterocycles. The van der Waals surface area contributed by atoms with Gasteiger partial charge in [-0.1, -0.05) is 28.5 Å². The van der Waals surface area contributed by atoms with E-state index in [1.165, 1.54) is 0 Å². The average molecular weight is 469 g/mol. The number of nitrogens with two attached hydrogens (primary N) is 1. The van der Waals surface area contributed by atoms with Crippen LogP contribution in [0.5, 0.6) is 0 Å². The van der Waals surface area contributed by atoms with Crippen LogP contribution in [-0.4, -0.2) is 78.7 Å². The fourth-order valence-corrected chi connectivity index (χ4v) is 6.97. The van der Waals surface area contributed by atoms with Gasteiger partial charge in [-0.25, -0.2) is 4.79 Å². The fraction of sp³-hybridized carbons (Fsp3) is 0.650. The van der Waals surface area contributed by atoms with Crippen molar-refractivity contribution in [3.8, 4) is 0 Å². The lowest BCUT2D eigenvalue weighted by Gasteiger charge is -2.39. The second-order valence-electron chi connectivity index (χ2n) is 7.99. The van der Waals surface area contributed by atoms with Crippen LogP contribution >= 0.6 is 21.6 Å². The number of nitrogens with zero attached hydrogens (tertiary/aromatic N) is 1.